The molecule has 254 valence electrons. The van der Waals surface area contributed by atoms with Gasteiger partial charge in [0, 0.05) is 49.8 Å². The van der Waals surface area contributed by atoms with Crippen LogP contribution in [0.25, 0.3) is 11.1 Å². The van der Waals surface area contributed by atoms with E-state index in [1.165, 1.54) is 30.4 Å². The topological polar surface area (TPSA) is 111 Å². The summed E-state index contributed by atoms with van der Waals surface area (Å²) in [6.07, 6.45) is 10.6. The number of halogens is 1. The molecule has 4 aromatic rings. The molecule has 4 heterocycles. The van der Waals surface area contributed by atoms with Gasteiger partial charge in [0.05, 0.1) is 17.3 Å². The van der Waals surface area contributed by atoms with Crippen molar-refractivity contribution in [1.29, 1.82) is 0 Å². The molecule has 9 nitrogen and oxygen atoms in total. The highest BCUT2D eigenvalue weighted by Gasteiger charge is 2.28. The molecule has 2 fully saturated rings. The Labute approximate surface area is 292 Å². The van der Waals surface area contributed by atoms with E-state index in [-0.39, 0.29) is 18.4 Å². The van der Waals surface area contributed by atoms with E-state index in [0.29, 0.717) is 46.8 Å². The number of anilines is 2. The van der Waals surface area contributed by atoms with E-state index in [2.05, 4.69) is 30.4 Å². The predicted molar refractivity (Wildman–Crippen MR) is 193 cm³/mol. The smallest absolute Gasteiger partial charge is 0.274 e. The quantitative estimate of drug-likeness (QED) is 0.169. The zero-order chi connectivity index (χ0) is 33.9. The number of amides is 2. The van der Waals surface area contributed by atoms with Gasteiger partial charge in [-0.25, -0.2) is 0 Å². The number of aromatic nitrogens is 2. The summed E-state index contributed by atoms with van der Waals surface area (Å²) in [4.78, 5) is 40.6. The third kappa shape index (κ3) is 7.55. The average Bonchev–Trinajstić information content (AvgIpc) is 3.96. The molecule has 10 heteroatoms. The fraction of sp³-hybridized carbons (Fsp3) is 0.385. The van der Waals surface area contributed by atoms with Gasteiger partial charge >= 0.3 is 0 Å². The van der Waals surface area contributed by atoms with Crippen molar-refractivity contribution in [3.05, 3.63) is 105 Å². The van der Waals surface area contributed by atoms with Crippen LogP contribution in [-0.2, 0) is 19.5 Å². The number of piperidine rings is 1. The number of nitrogens with zero attached hydrogens (tertiary/aromatic N) is 4. The van der Waals surface area contributed by atoms with Crippen molar-refractivity contribution in [1.82, 2.24) is 19.8 Å². The Kier molecular flexibility index (Phi) is 10.0. The predicted octanol–water partition coefficient (Wildman–Crippen LogP) is 6.82. The van der Waals surface area contributed by atoms with Crippen LogP contribution in [0.3, 0.4) is 0 Å². The number of carbonyl (C=O) groups is 2. The number of hydrogen-bond acceptors (Lipinski definition) is 7. The van der Waals surface area contributed by atoms with Crippen molar-refractivity contribution >= 4 is 34.8 Å². The first-order chi connectivity index (χ1) is 23.9. The van der Waals surface area contributed by atoms with Crippen molar-refractivity contribution < 1.29 is 14.7 Å². The summed E-state index contributed by atoms with van der Waals surface area (Å²) in [6, 6.07) is 15.1. The molecule has 3 aliphatic rings. The lowest BCUT2D eigenvalue weighted by atomic mass is 9.98. The fourth-order valence-electron chi connectivity index (χ4n) is 7.12. The Morgan fingerprint density at radius 3 is 2.31 bits per heavy atom. The van der Waals surface area contributed by atoms with E-state index < -0.39 is 0 Å². The van der Waals surface area contributed by atoms with E-state index >= 15 is 0 Å². The molecule has 0 spiro atoms. The maximum Gasteiger partial charge on any atom is 0.274 e. The largest absolute Gasteiger partial charge is 0.395 e. The lowest BCUT2D eigenvalue weighted by Crippen LogP contribution is -2.33. The van der Waals surface area contributed by atoms with Crippen LogP contribution in [0.15, 0.2) is 60.9 Å². The maximum atomic E-state index is 13.5. The van der Waals surface area contributed by atoms with Gasteiger partial charge in [-0.3, -0.25) is 29.4 Å². The minimum Gasteiger partial charge on any atom is -0.395 e. The van der Waals surface area contributed by atoms with Crippen LogP contribution < -0.4 is 10.6 Å². The van der Waals surface area contributed by atoms with Crippen LogP contribution in [0.1, 0.15) is 86.8 Å². The van der Waals surface area contributed by atoms with Crippen LogP contribution in [0, 0.1) is 6.92 Å². The van der Waals surface area contributed by atoms with E-state index in [0.717, 1.165) is 73.3 Å². The van der Waals surface area contributed by atoms with E-state index in [1.54, 1.807) is 12.3 Å². The number of carbonyl (C=O) groups excluding carboxylic acids is 2. The Hall–Kier alpha value is -4.15. The molecule has 0 radical (unpaired) electrons. The van der Waals surface area contributed by atoms with Crippen LogP contribution in [0.4, 0.5) is 11.4 Å². The second kappa shape index (κ2) is 14.8. The van der Waals surface area contributed by atoms with Crippen LogP contribution in [-0.4, -0.2) is 69.5 Å². The normalized spacial score (nSPS) is 16.6. The van der Waals surface area contributed by atoms with Crippen LogP contribution >= 0.6 is 11.6 Å². The molecule has 2 aromatic carbocycles. The SMILES string of the molecule is Cc1c(NC(=O)c2cc(C3CC3)c(CN3CCCCC3)cn2)cccc1-c1cccc(NC(=O)c2cc3c(cn2)CN(CCO)CC3)c1Cl. The summed E-state index contributed by atoms with van der Waals surface area (Å²) < 4.78 is 0. The molecule has 3 N–H and O–H groups in total. The van der Waals surface area contributed by atoms with Crippen molar-refractivity contribution in [2.75, 3.05) is 43.4 Å². The van der Waals surface area contributed by atoms with Gasteiger partial charge in [-0.2, -0.15) is 0 Å². The van der Waals surface area contributed by atoms with Gasteiger partial charge in [0.1, 0.15) is 11.4 Å². The first kappa shape index (κ1) is 33.4. The molecule has 1 aliphatic carbocycles. The van der Waals surface area contributed by atoms with Crippen molar-refractivity contribution in [2.45, 2.75) is 64.5 Å². The second-order valence-electron chi connectivity index (χ2n) is 13.5. The lowest BCUT2D eigenvalue weighted by Gasteiger charge is -2.27. The third-order valence-electron chi connectivity index (χ3n) is 10.1. The molecular weight excluding hydrogens is 636 g/mol. The monoisotopic (exact) mass is 678 g/mol. The Morgan fingerprint density at radius 2 is 1.55 bits per heavy atom. The Bertz CT molecular complexity index is 1870. The van der Waals surface area contributed by atoms with Gasteiger partial charge in [0.2, 0.25) is 0 Å². The minimum atomic E-state index is -0.336. The van der Waals surface area contributed by atoms with Gasteiger partial charge < -0.3 is 15.7 Å². The highest BCUT2D eigenvalue weighted by atomic mass is 35.5. The van der Waals surface area contributed by atoms with Crippen molar-refractivity contribution in [3.63, 3.8) is 0 Å². The summed E-state index contributed by atoms with van der Waals surface area (Å²) in [6.45, 7) is 7.38. The van der Waals surface area contributed by atoms with Gasteiger partial charge in [-0.05, 0) is 116 Å². The number of rotatable bonds is 10. The van der Waals surface area contributed by atoms with Crippen molar-refractivity contribution in [2.24, 2.45) is 0 Å². The third-order valence-corrected chi connectivity index (χ3v) is 10.5. The van der Waals surface area contributed by atoms with Gasteiger partial charge in [0.15, 0.2) is 0 Å². The van der Waals surface area contributed by atoms with E-state index in [4.69, 9.17) is 11.6 Å². The van der Waals surface area contributed by atoms with Gasteiger partial charge in [-0.15, -0.1) is 0 Å². The summed E-state index contributed by atoms with van der Waals surface area (Å²) in [5.41, 5.74) is 9.03. The summed E-state index contributed by atoms with van der Waals surface area (Å²) in [5, 5.41) is 15.7. The molecule has 0 bridgehead atoms. The van der Waals surface area contributed by atoms with E-state index in [1.807, 2.05) is 55.6 Å². The van der Waals surface area contributed by atoms with Gasteiger partial charge in [0.25, 0.3) is 11.8 Å². The zero-order valence-electron chi connectivity index (χ0n) is 28.0. The van der Waals surface area contributed by atoms with Crippen LogP contribution in [0.5, 0.6) is 0 Å². The van der Waals surface area contributed by atoms with E-state index in [9.17, 15) is 14.7 Å². The van der Waals surface area contributed by atoms with Gasteiger partial charge in [-0.1, -0.05) is 42.3 Å². The fourth-order valence-corrected chi connectivity index (χ4v) is 7.39. The lowest BCUT2D eigenvalue weighted by molar-refractivity contribution is 0.101. The first-order valence-corrected chi connectivity index (χ1v) is 17.8. The molecule has 2 amide bonds. The molecule has 7 rings (SSSR count). The number of benzene rings is 2. The number of β-amino-alcohol motifs (C(OH)–C–C–N with tert-alkyl or cyclic N) is 1. The summed E-state index contributed by atoms with van der Waals surface area (Å²) in [5.74, 6) is -0.0597. The number of aliphatic hydroxyl groups excluding tert-OH is 1. The highest BCUT2D eigenvalue weighted by Crippen LogP contribution is 2.42. The molecule has 0 atom stereocenters. The molecular formula is C39H43ClN6O3. The second-order valence-corrected chi connectivity index (χ2v) is 13.9. The number of likely N-dealkylation sites (tertiary alicyclic amines) is 1. The number of fused-ring (bicyclic) bond motifs is 1. The molecule has 2 aliphatic heterocycles. The Balaban J connectivity index is 1.07. The molecule has 0 unspecified atom stereocenters. The first-order valence-electron chi connectivity index (χ1n) is 17.4. The Morgan fingerprint density at radius 1 is 0.857 bits per heavy atom. The maximum absolute atomic E-state index is 13.5. The molecule has 49 heavy (non-hydrogen) atoms. The minimum absolute atomic E-state index is 0.119. The summed E-state index contributed by atoms with van der Waals surface area (Å²) in [7, 11) is 0. The van der Waals surface area contributed by atoms with Crippen LogP contribution in [0.2, 0.25) is 5.02 Å². The number of pyridine rings is 2. The number of hydrogen-bond donors (Lipinski definition) is 3. The molecule has 1 saturated heterocycles. The van der Waals surface area contributed by atoms with Crippen molar-refractivity contribution in [3.8, 4) is 11.1 Å². The zero-order valence-corrected chi connectivity index (χ0v) is 28.7. The highest BCUT2D eigenvalue weighted by molar-refractivity contribution is 6.36. The molecule has 2 aromatic heterocycles. The average molecular weight is 679 g/mol. The number of aliphatic hydroxyl groups is 1. The molecule has 1 saturated carbocycles. The number of nitrogens with one attached hydrogen (secondary N) is 2. The standard InChI is InChI=1S/C39H43ClN6O3/c1-25-30(31-8-6-10-34(37(31)40)44-38(48)35-19-27-13-16-46(17-18-47)23-28(27)21-41-35)7-5-9-33(25)43-39(49)36-20-32(26-11-12-26)29(22-42-36)24-45-14-3-2-4-15-45/h5-10,19-22,26,47H,2-4,11-18,23-24H2,1H3,(H,43,49)(H,44,48). The summed E-state index contributed by atoms with van der Waals surface area (Å²) >= 11 is 6.94.